The van der Waals surface area contributed by atoms with Gasteiger partial charge in [-0.3, -0.25) is 0 Å². The average Bonchev–Trinajstić information content (AvgIpc) is 2.78. The van der Waals surface area contributed by atoms with Crippen LogP contribution in [0.3, 0.4) is 0 Å². The largest absolute Gasteiger partial charge is 0.465 e. The van der Waals surface area contributed by atoms with Crippen LogP contribution in [0.2, 0.25) is 0 Å². The molecular weight excluding hydrogens is 256 g/mol. The molecule has 1 unspecified atom stereocenters. The molecule has 0 aliphatic rings. The molecular formula is C15H24N2O3. The van der Waals surface area contributed by atoms with Gasteiger partial charge in [0.15, 0.2) is 0 Å². The lowest BCUT2D eigenvalue weighted by Crippen LogP contribution is -2.43. The van der Waals surface area contributed by atoms with Gasteiger partial charge in [0.1, 0.15) is 11.4 Å². The summed E-state index contributed by atoms with van der Waals surface area (Å²) in [6.07, 6.45) is 3.76. The fraction of sp³-hybridized carbons (Fsp3) is 0.533. The standard InChI is InChI=1S/C15H24N2O3/c1-11(9-13-6-5-7-19-13)8-12(10-16)17-14(18)20-15(2,3)4/h5-7,9,12H,8,10,16H2,1-4H3,(H,17,18)/b11-9+. The summed E-state index contributed by atoms with van der Waals surface area (Å²) in [4.78, 5) is 11.7. The number of nitrogens with two attached hydrogens (primary N) is 1. The van der Waals surface area contributed by atoms with E-state index in [1.54, 1.807) is 6.26 Å². The van der Waals surface area contributed by atoms with Crippen molar-refractivity contribution < 1.29 is 13.9 Å². The van der Waals surface area contributed by atoms with E-state index in [-0.39, 0.29) is 6.04 Å². The van der Waals surface area contributed by atoms with Gasteiger partial charge in [-0.15, -0.1) is 0 Å². The number of hydrogen-bond acceptors (Lipinski definition) is 4. The van der Waals surface area contributed by atoms with Crippen LogP contribution < -0.4 is 11.1 Å². The Morgan fingerprint density at radius 3 is 2.75 bits per heavy atom. The molecule has 0 radical (unpaired) electrons. The molecule has 0 saturated carbocycles. The molecule has 0 saturated heterocycles. The van der Waals surface area contributed by atoms with Crippen molar-refractivity contribution in [1.82, 2.24) is 5.32 Å². The van der Waals surface area contributed by atoms with Crippen molar-refractivity contribution in [1.29, 1.82) is 0 Å². The minimum absolute atomic E-state index is 0.156. The lowest BCUT2D eigenvalue weighted by Gasteiger charge is -2.23. The molecule has 5 nitrogen and oxygen atoms in total. The maximum Gasteiger partial charge on any atom is 0.407 e. The summed E-state index contributed by atoms with van der Waals surface area (Å²) in [5.41, 5.74) is 6.25. The maximum atomic E-state index is 11.7. The highest BCUT2D eigenvalue weighted by Crippen LogP contribution is 2.12. The molecule has 1 amide bonds. The zero-order valence-electron chi connectivity index (χ0n) is 12.6. The third-order valence-electron chi connectivity index (χ3n) is 2.51. The van der Waals surface area contributed by atoms with E-state index in [0.717, 1.165) is 11.3 Å². The van der Waals surface area contributed by atoms with Gasteiger partial charge in [-0.1, -0.05) is 5.57 Å². The van der Waals surface area contributed by atoms with Gasteiger partial charge in [0.05, 0.1) is 6.26 Å². The highest BCUT2D eigenvalue weighted by molar-refractivity contribution is 5.68. The maximum absolute atomic E-state index is 11.7. The Morgan fingerprint density at radius 1 is 1.55 bits per heavy atom. The summed E-state index contributed by atoms with van der Waals surface area (Å²) in [6, 6.07) is 3.55. The Hall–Kier alpha value is -1.75. The summed E-state index contributed by atoms with van der Waals surface area (Å²) in [7, 11) is 0. The van der Waals surface area contributed by atoms with Crippen molar-refractivity contribution in [3.05, 3.63) is 29.7 Å². The molecule has 1 aromatic heterocycles. The summed E-state index contributed by atoms with van der Waals surface area (Å²) in [6.45, 7) is 7.80. The molecule has 1 heterocycles. The molecule has 112 valence electrons. The second kappa shape index (κ2) is 7.14. The smallest absolute Gasteiger partial charge is 0.407 e. The molecule has 0 aliphatic carbocycles. The van der Waals surface area contributed by atoms with Crippen molar-refractivity contribution in [2.75, 3.05) is 6.54 Å². The molecule has 0 bridgehead atoms. The second-order valence-corrected chi connectivity index (χ2v) is 5.79. The van der Waals surface area contributed by atoms with E-state index < -0.39 is 11.7 Å². The van der Waals surface area contributed by atoms with Crippen LogP contribution in [0.15, 0.2) is 28.4 Å². The van der Waals surface area contributed by atoms with Gasteiger partial charge in [0.25, 0.3) is 0 Å². The summed E-state index contributed by atoms with van der Waals surface area (Å²) >= 11 is 0. The zero-order valence-corrected chi connectivity index (χ0v) is 12.6. The first-order valence-corrected chi connectivity index (χ1v) is 6.70. The number of alkyl carbamates (subject to hydrolysis) is 1. The minimum Gasteiger partial charge on any atom is -0.465 e. The first kappa shape index (κ1) is 16.3. The van der Waals surface area contributed by atoms with Crippen LogP contribution in [0.1, 0.15) is 39.9 Å². The Labute approximate surface area is 120 Å². The van der Waals surface area contributed by atoms with E-state index in [0.29, 0.717) is 13.0 Å². The molecule has 0 spiro atoms. The van der Waals surface area contributed by atoms with Crippen molar-refractivity contribution in [2.24, 2.45) is 5.73 Å². The van der Waals surface area contributed by atoms with Crippen LogP contribution in [0.25, 0.3) is 6.08 Å². The van der Waals surface area contributed by atoms with Gasteiger partial charge >= 0.3 is 6.09 Å². The summed E-state index contributed by atoms with van der Waals surface area (Å²) < 4.78 is 10.5. The Bertz CT molecular complexity index is 444. The quantitative estimate of drug-likeness (QED) is 0.869. The molecule has 5 heteroatoms. The number of hydrogen-bond donors (Lipinski definition) is 2. The summed E-state index contributed by atoms with van der Waals surface area (Å²) in [5, 5.41) is 2.78. The number of ether oxygens (including phenoxy) is 1. The topological polar surface area (TPSA) is 77.5 Å². The van der Waals surface area contributed by atoms with E-state index in [1.165, 1.54) is 0 Å². The van der Waals surface area contributed by atoms with E-state index in [2.05, 4.69) is 5.32 Å². The van der Waals surface area contributed by atoms with Gasteiger partial charge in [-0.05, 0) is 52.3 Å². The molecule has 1 aromatic rings. The second-order valence-electron chi connectivity index (χ2n) is 5.79. The minimum atomic E-state index is -0.512. The monoisotopic (exact) mass is 280 g/mol. The zero-order chi connectivity index (χ0) is 15.2. The van der Waals surface area contributed by atoms with Crippen LogP contribution >= 0.6 is 0 Å². The normalized spacial score (nSPS) is 13.9. The van der Waals surface area contributed by atoms with Gasteiger partial charge in [0, 0.05) is 12.6 Å². The van der Waals surface area contributed by atoms with Crippen LogP contribution in [0.4, 0.5) is 4.79 Å². The Kier molecular flexibility index (Phi) is 5.82. The lowest BCUT2D eigenvalue weighted by atomic mass is 10.1. The van der Waals surface area contributed by atoms with Crippen molar-refractivity contribution in [3.8, 4) is 0 Å². The Balaban J connectivity index is 2.53. The molecule has 1 rings (SSSR count). The lowest BCUT2D eigenvalue weighted by molar-refractivity contribution is 0.0506. The first-order chi connectivity index (χ1) is 9.30. The third kappa shape index (κ3) is 6.43. The first-order valence-electron chi connectivity index (χ1n) is 6.70. The van der Waals surface area contributed by atoms with Crippen molar-refractivity contribution in [3.63, 3.8) is 0 Å². The number of nitrogens with one attached hydrogen (secondary N) is 1. The van der Waals surface area contributed by atoms with Crippen molar-refractivity contribution in [2.45, 2.75) is 45.8 Å². The molecule has 3 N–H and O–H groups in total. The number of carbonyl (C=O) groups excluding carboxylic acids is 1. The van der Waals surface area contributed by atoms with Gasteiger partial charge in [-0.25, -0.2) is 4.79 Å². The highest BCUT2D eigenvalue weighted by Gasteiger charge is 2.19. The molecule has 0 aromatic carbocycles. The van der Waals surface area contributed by atoms with Gasteiger partial charge in [-0.2, -0.15) is 0 Å². The van der Waals surface area contributed by atoms with E-state index in [1.807, 2.05) is 45.9 Å². The van der Waals surface area contributed by atoms with Gasteiger partial charge in [0.2, 0.25) is 0 Å². The van der Waals surface area contributed by atoms with E-state index in [9.17, 15) is 4.79 Å². The average molecular weight is 280 g/mol. The fourth-order valence-corrected chi connectivity index (χ4v) is 1.73. The van der Waals surface area contributed by atoms with Crippen LogP contribution in [0, 0.1) is 0 Å². The highest BCUT2D eigenvalue weighted by atomic mass is 16.6. The summed E-state index contributed by atoms with van der Waals surface area (Å²) in [5.74, 6) is 0.788. The molecule has 0 aliphatic heterocycles. The van der Waals surface area contributed by atoms with Crippen LogP contribution in [0.5, 0.6) is 0 Å². The van der Waals surface area contributed by atoms with Gasteiger partial charge < -0.3 is 20.2 Å². The van der Waals surface area contributed by atoms with Crippen LogP contribution in [-0.2, 0) is 4.74 Å². The molecule has 0 fully saturated rings. The molecule has 1 atom stereocenters. The number of carbonyl (C=O) groups is 1. The molecule has 20 heavy (non-hydrogen) atoms. The van der Waals surface area contributed by atoms with E-state index in [4.69, 9.17) is 14.9 Å². The van der Waals surface area contributed by atoms with Crippen LogP contribution in [-0.4, -0.2) is 24.3 Å². The predicted octanol–water partition coefficient (Wildman–Crippen LogP) is 2.93. The fourth-order valence-electron chi connectivity index (χ4n) is 1.73. The SMILES string of the molecule is C/C(=C\c1ccco1)CC(CN)NC(=O)OC(C)(C)C. The number of furan rings is 1. The van der Waals surface area contributed by atoms with Crippen molar-refractivity contribution >= 4 is 12.2 Å². The van der Waals surface area contributed by atoms with E-state index >= 15 is 0 Å². The third-order valence-corrected chi connectivity index (χ3v) is 2.51. The Morgan fingerprint density at radius 2 is 2.25 bits per heavy atom. The number of amides is 1. The number of rotatable bonds is 5. The predicted molar refractivity (Wildman–Crippen MR) is 79.2 cm³/mol.